The van der Waals surface area contributed by atoms with E-state index in [1.54, 1.807) is 29.4 Å². The molecule has 2 amide bonds. The molecule has 0 unspecified atom stereocenters. The van der Waals surface area contributed by atoms with Crippen molar-refractivity contribution in [2.45, 2.75) is 26.7 Å². The minimum Gasteiger partial charge on any atom is -0.355 e. The summed E-state index contributed by atoms with van der Waals surface area (Å²) in [7, 11) is 0. The van der Waals surface area contributed by atoms with Crippen molar-refractivity contribution in [3.63, 3.8) is 0 Å². The molecule has 1 fully saturated rings. The van der Waals surface area contributed by atoms with Crippen LogP contribution in [0, 0.1) is 11.3 Å². The van der Waals surface area contributed by atoms with Crippen LogP contribution in [0.25, 0.3) is 11.1 Å². The number of nitrogens with zero attached hydrogens (tertiary/aromatic N) is 3. The molecule has 1 N–H and O–H groups in total. The predicted molar refractivity (Wildman–Crippen MR) is 128 cm³/mol. The Kier molecular flexibility index (Phi) is 6.82. The molecular formula is C27H30N4O2. The molecule has 170 valence electrons. The van der Waals surface area contributed by atoms with Gasteiger partial charge in [-0.3, -0.25) is 19.6 Å². The molecule has 6 nitrogen and oxygen atoms in total. The van der Waals surface area contributed by atoms with E-state index in [2.05, 4.69) is 41.3 Å². The van der Waals surface area contributed by atoms with E-state index in [0.717, 1.165) is 16.7 Å². The second-order valence-electron chi connectivity index (χ2n) is 9.15. The third kappa shape index (κ3) is 5.11. The summed E-state index contributed by atoms with van der Waals surface area (Å²) in [6, 6.07) is 17.4. The second kappa shape index (κ2) is 9.94. The molecule has 0 aliphatic carbocycles. The first-order valence-electron chi connectivity index (χ1n) is 11.5. The molecule has 3 aromatic rings. The number of benzene rings is 1. The van der Waals surface area contributed by atoms with E-state index in [1.165, 1.54) is 0 Å². The maximum Gasteiger partial charge on any atom is 0.272 e. The average Bonchev–Trinajstić information content (AvgIpc) is 3.28. The average molecular weight is 443 g/mol. The van der Waals surface area contributed by atoms with E-state index in [1.807, 2.05) is 36.5 Å². The van der Waals surface area contributed by atoms with Crippen molar-refractivity contribution in [2.75, 3.05) is 19.6 Å². The van der Waals surface area contributed by atoms with E-state index in [9.17, 15) is 9.59 Å². The van der Waals surface area contributed by atoms with Crippen molar-refractivity contribution in [3.05, 3.63) is 84.4 Å². The molecule has 1 saturated heterocycles. The first-order valence-corrected chi connectivity index (χ1v) is 11.5. The highest BCUT2D eigenvalue weighted by atomic mass is 16.2. The highest BCUT2D eigenvalue weighted by Gasteiger charge is 2.46. The molecule has 2 aromatic heterocycles. The van der Waals surface area contributed by atoms with Crippen LogP contribution in [0.3, 0.4) is 0 Å². The van der Waals surface area contributed by atoms with Crippen molar-refractivity contribution in [3.8, 4) is 11.1 Å². The van der Waals surface area contributed by atoms with Gasteiger partial charge in [0.05, 0.1) is 5.41 Å². The van der Waals surface area contributed by atoms with E-state index in [4.69, 9.17) is 0 Å². The Morgan fingerprint density at radius 2 is 1.88 bits per heavy atom. The SMILES string of the molecule is CC(C)CNC(=O)[C@]1(Cc2ccccc2-c2cccnc2)CCN(C(=O)c2ccccn2)C1. The summed E-state index contributed by atoms with van der Waals surface area (Å²) in [5, 5.41) is 3.14. The van der Waals surface area contributed by atoms with Gasteiger partial charge in [-0.15, -0.1) is 0 Å². The van der Waals surface area contributed by atoms with Crippen molar-refractivity contribution in [1.82, 2.24) is 20.2 Å². The van der Waals surface area contributed by atoms with Gasteiger partial charge in [0.15, 0.2) is 0 Å². The number of rotatable bonds is 7. The van der Waals surface area contributed by atoms with E-state index < -0.39 is 5.41 Å². The molecule has 0 saturated carbocycles. The number of likely N-dealkylation sites (tertiary alicyclic amines) is 1. The minimum atomic E-state index is -0.697. The fraction of sp³-hybridized carbons (Fsp3) is 0.333. The standard InChI is InChI=1S/C27H30N4O2/c1-20(2)17-30-26(33)27(12-15-31(19-27)25(32)24-11-5-6-14-29-24)16-21-8-3-4-10-23(21)22-9-7-13-28-18-22/h3-11,13-14,18,20H,12,15-17,19H2,1-2H3,(H,30,33)/t27-/m0/s1. The van der Waals surface area contributed by atoms with Gasteiger partial charge in [0.2, 0.25) is 5.91 Å². The summed E-state index contributed by atoms with van der Waals surface area (Å²) in [5.74, 6) is 0.226. The van der Waals surface area contributed by atoms with Gasteiger partial charge < -0.3 is 10.2 Å². The van der Waals surface area contributed by atoms with Crippen LogP contribution in [0.5, 0.6) is 0 Å². The summed E-state index contributed by atoms with van der Waals surface area (Å²) in [4.78, 5) is 36.9. The molecule has 0 bridgehead atoms. The maximum atomic E-state index is 13.6. The molecule has 1 aliphatic rings. The number of pyridine rings is 2. The zero-order valence-corrected chi connectivity index (χ0v) is 19.2. The van der Waals surface area contributed by atoms with Crippen molar-refractivity contribution in [1.29, 1.82) is 0 Å². The first-order chi connectivity index (χ1) is 16.0. The van der Waals surface area contributed by atoms with Crippen LogP contribution in [-0.4, -0.2) is 46.3 Å². The second-order valence-corrected chi connectivity index (χ2v) is 9.15. The van der Waals surface area contributed by atoms with Gasteiger partial charge in [-0.1, -0.05) is 50.2 Å². The molecule has 3 heterocycles. The number of nitrogens with one attached hydrogen (secondary N) is 1. The molecule has 33 heavy (non-hydrogen) atoms. The first kappa shape index (κ1) is 22.6. The molecular weight excluding hydrogens is 412 g/mol. The summed E-state index contributed by atoms with van der Waals surface area (Å²) in [6.45, 7) is 5.67. The van der Waals surface area contributed by atoms with Gasteiger partial charge in [-0.2, -0.15) is 0 Å². The fourth-order valence-electron chi connectivity index (χ4n) is 4.43. The molecule has 0 radical (unpaired) electrons. The summed E-state index contributed by atoms with van der Waals surface area (Å²) in [5.41, 5.74) is 2.88. The number of hydrogen-bond donors (Lipinski definition) is 1. The third-order valence-corrected chi connectivity index (χ3v) is 6.20. The van der Waals surface area contributed by atoms with Gasteiger partial charge in [0, 0.05) is 43.8 Å². The topological polar surface area (TPSA) is 75.2 Å². The van der Waals surface area contributed by atoms with Gasteiger partial charge in [0.25, 0.3) is 5.91 Å². The summed E-state index contributed by atoms with van der Waals surface area (Å²) >= 11 is 0. The monoisotopic (exact) mass is 442 g/mol. The van der Waals surface area contributed by atoms with E-state index in [-0.39, 0.29) is 11.8 Å². The van der Waals surface area contributed by atoms with Gasteiger partial charge >= 0.3 is 0 Å². The number of hydrogen-bond acceptors (Lipinski definition) is 4. The Labute approximate surface area is 195 Å². The zero-order valence-electron chi connectivity index (χ0n) is 19.2. The van der Waals surface area contributed by atoms with Crippen LogP contribution in [0.15, 0.2) is 73.2 Å². The highest BCUT2D eigenvalue weighted by Crippen LogP contribution is 2.38. The van der Waals surface area contributed by atoms with Crippen LogP contribution in [0.4, 0.5) is 0 Å². The van der Waals surface area contributed by atoms with Crippen LogP contribution in [0.2, 0.25) is 0 Å². The molecule has 0 spiro atoms. The molecule has 1 atom stereocenters. The Bertz CT molecular complexity index is 1100. The van der Waals surface area contributed by atoms with Crippen LogP contribution < -0.4 is 5.32 Å². The summed E-state index contributed by atoms with van der Waals surface area (Å²) < 4.78 is 0. The number of amides is 2. The van der Waals surface area contributed by atoms with Crippen molar-refractivity contribution in [2.24, 2.45) is 11.3 Å². The Morgan fingerprint density at radius 1 is 1.06 bits per heavy atom. The fourth-order valence-corrected chi connectivity index (χ4v) is 4.43. The Morgan fingerprint density at radius 3 is 2.61 bits per heavy atom. The summed E-state index contributed by atoms with van der Waals surface area (Å²) in [6.07, 6.45) is 6.38. The van der Waals surface area contributed by atoms with Crippen molar-refractivity contribution < 1.29 is 9.59 Å². The maximum absolute atomic E-state index is 13.6. The van der Waals surface area contributed by atoms with Gasteiger partial charge in [-0.25, -0.2) is 0 Å². The van der Waals surface area contributed by atoms with E-state index >= 15 is 0 Å². The Balaban J connectivity index is 1.65. The number of carbonyl (C=O) groups excluding carboxylic acids is 2. The lowest BCUT2D eigenvalue weighted by Crippen LogP contribution is -2.46. The third-order valence-electron chi connectivity index (χ3n) is 6.20. The van der Waals surface area contributed by atoms with Crippen molar-refractivity contribution >= 4 is 11.8 Å². The van der Waals surface area contributed by atoms with Crippen LogP contribution >= 0.6 is 0 Å². The molecule has 1 aromatic carbocycles. The highest BCUT2D eigenvalue weighted by molar-refractivity contribution is 5.94. The lowest BCUT2D eigenvalue weighted by atomic mass is 9.78. The van der Waals surface area contributed by atoms with Gasteiger partial charge in [-0.05, 0) is 48.1 Å². The lowest BCUT2D eigenvalue weighted by Gasteiger charge is -2.29. The largest absolute Gasteiger partial charge is 0.355 e. The predicted octanol–water partition coefficient (Wildman–Crippen LogP) is 3.99. The normalized spacial score (nSPS) is 17.8. The number of aromatic nitrogens is 2. The Hall–Kier alpha value is -3.54. The lowest BCUT2D eigenvalue weighted by molar-refractivity contribution is -0.130. The smallest absolute Gasteiger partial charge is 0.272 e. The number of carbonyl (C=O) groups is 2. The molecule has 6 heteroatoms. The zero-order chi connectivity index (χ0) is 23.3. The van der Waals surface area contributed by atoms with Crippen LogP contribution in [-0.2, 0) is 11.2 Å². The molecule has 1 aliphatic heterocycles. The van der Waals surface area contributed by atoms with Crippen LogP contribution in [0.1, 0.15) is 36.3 Å². The quantitative estimate of drug-likeness (QED) is 0.600. The van der Waals surface area contributed by atoms with Gasteiger partial charge in [0.1, 0.15) is 5.69 Å². The van der Waals surface area contributed by atoms with E-state index in [0.29, 0.717) is 44.1 Å². The molecule has 4 rings (SSSR count). The minimum absolute atomic E-state index is 0.00788.